The largest absolute Gasteiger partial charge is 0.385 e. The molecule has 2 heterocycles. The lowest BCUT2D eigenvalue weighted by Crippen LogP contribution is -2.33. The second-order valence-electron chi connectivity index (χ2n) is 4.98. The lowest BCUT2D eigenvalue weighted by atomic mass is 10.2. The Hall–Kier alpha value is -2.57. The minimum absolute atomic E-state index is 0.109. The van der Waals surface area contributed by atoms with Gasteiger partial charge in [0.15, 0.2) is 0 Å². The average Bonchev–Trinajstić information content (AvgIpc) is 2.94. The van der Waals surface area contributed by atoms with Crippen LogP contribution in [0.4, 0.5) is 17.1 Å². The molecule has 1 aliphatic rings. The van der Waals surface area contributed by atoms with E-state index in [0.717, 1.165) is 36.8 Å². The van der Waals surface area contributed by atoms with Crippen LogP contribution in [0, 0.1) is 10.1 Å². The summed E-state index contributed by atoms with van der Waals surface area (Å²) < 4.78 is 2.11. The van der Waals surface area contributed by atoms with Gasteiger partial charge in [0.05, 0.1) is 11.5 Å². The van der Waals surface area contributed by atoms with Crippen molar-refractivity contribution in [3.05, 3.63) is 46.5 Å². The Labute approximate surface area is 122 Å². The van der Waals surface area contributed by atoms with Crippen molar-refractivity contribution in [2.45, 2.75) is 20.0 Å². The Balaban J connectivity index is 1.92. The van der Waals surface area contributed by atoms with Crippen LogP contribution >= 0.6 is 0 Å². The van der Waals surface area contributed by atoms with Gasteiger partial charge in [-0.1, -0.05) is 0 Å². The smallest absolute Gasteiger partial charge is 0.273 e. The number of fused-ring (bicyclic) bond motifs is 1. The molecular formula is C14H17N5O2. The number of hydrogen-bond donors (Lipinski definition) is 1. The monoisotopic (exact) mass is 287 g/mol. The molecule has 7 heteroatoms. The molecule has 1 aromatic carbocycles. The topological polar surface area (TPSA) is 76.2 Å². The number of nitro benzene ring substituents is 1. The normalized spacial score (nSPS) is 13.9. The van der Waals surface area contributed by atoms with Crippen molar-refractivity contribution < 1.29 is 4.92 Å². The maximum atomic E-state index is 11.1. The van der Waals surface area contributed by atoms with Gasteiger partial charge in [0, 0.05) is 55.5 Å². The lowest BCUT2D eigenvalue weighted by Gasteiger charge is -2.29. The standard InChI is InChI=1S/C14H17N5O2/c1-2-15-11-7-12(9-13(8-11)19(20)21)18-6-5-17-4-3-16-14(17)10-18/h3-4,7-9,15H,2,5-6,10H2,1H3. The predicted octanol–water partition coefficient (Wildman–Crippen LogP) is 2.24. The first-order chi connectivity index (χ1) is 10.2. The molecule has 0 amide bonds. The number of benzene rings is 1. The fourth-order valence-corrected chi connectivity index (χ4v) is 2.58. The van der Waals surface area contributed by atoms with Crippen molar-refractivity contribution >= 4 is 17.1 Å². The molecule has 7 nitrogen and oxygen atoms in total. The van der Waals surface area contributed by atoms with Crippen LogP contribution in [0.15, 0.2) is 30.6 Å². The van der Waals surface area contributed by atoms with Crippen molar-refractivity contribution in [3.8, 4) is 0 Å². The maximum Gasteiger partial charge on any atom is 0.273 e. The van der Waals surface area contributed by atoms with Gasteiger partial charge in [-0.2, -0.15) is 0 Å². The first-order valence-electron chi connectivity index (χ1n) is 6.95. The highest BCUT2D eigenvalue weighted by molar-refractivity contribution is 5.64. The van der Waals surface area contributed by atoms with Crippen LogP contribution in [0.2, 0.25) is 0 Å². The highest BCUT2D eigenvalue weighted by Crippen LogP contribution is 2.29. The highest BCUT2D eigenvalue weighted by Gasteiger charge is 2.19. The fourth-order valence-electron chi connectivity index (χ4n) is 2.58. The minimum atomic E-state index is -0.352. The molecule has 0 spiro atoms. The van der Waals surface area contributed by atoms with Gasteiger partial charge in [-0.15, -0.1) is 0 Å². The summed E-state index contributed by atoms with van der Waals surface area (Å²) in [6.45, 7) is 5.02. The molecule has 0 radical (unpaired) electrons. The molecule has 0 bridgehead atoms. The van der Waals surface area contributed by atoms with Crippen molar-refractivity contribution in [1.82, 2.24) is 9.55 Å². The van der Waals surface area contributed by atoms with Gasteiger partial charge in [0.1, 0.15) is 5.82 Å². The second-order valence-corrected chi connectivity index (χ2v) is 4.98. The van der Waals surface area contributed by atoms with Crippen LogP contribution in [-0.2, 0) is 13.1 Å². The lowest BCUT2D eigenvalue weighted by molar-refractivity contribution is -0.384. The Bertz CT molecular complexity index is 667. The van der Waals surface area contributed by atoms with Gasteiger partial charge in [-0.05, 0) is 13.0 Å². The van der Waals surface area contributed by atoms with E-state index in [1.165, 1.54) is 0 Å². The van der Waals surface area contributed by atoms with E-state index in [-0.39, 0.29) is 10.6 Å². The Morgan fingerprint density at radius 2 is 2.24 bits per heavy atom. The molecule has 110 valence electrons. The van der Waals surface area contributed by atoms with Crippen LogP contribution in [0.1, 0.15) is 12.7 Å². The van der Waals surface area contributed by atoms with Gasteiger partial charge < -0.3 is 14.8 Å². The Morgan fingerprint density at radius 3 is 3.00 bits per heavy atom. The van der Waals surface area contributed by atoms with E-state index in [1.807, 2.05) is 19.2 Å². The Morgan fingerprint density at radius 1 is 1.38 bits per heavy atom. The summed E-state index contributed by atoms with van der Waals surface area (Å²) >= 11 is 0. The summed E-state index contributed by atoms with van der Waals surface area (Å²) in [7, 11) is 0. The quantitative estimate of drug-likeness (QED) is 0.689. The van der Waals surface area contributed by atoms with Gasteiger partial charge in [0.25, 0.3) is 5.69 Å². The average molecular weight is 287 g/mol. The first-order valence-corrected chi connectivity index (χ1v) is 6.95. The van der Waals surface area contributed by atoms with Crippen molar-refractivity contribution in [1.29, 1.82) is 0 Å². The summed E-state index contributed by atoms with van der Waals surface area (Å²) in [5, 5.41) is 14.2. The van der Waals surface area contributed by atoms with E-state index in [0.29, 0.717) is 6.54 Å². The van der Waals surface area contributed by atoms with Gasteiger partial charge in [-0.25, -0.2) is 4.98 Å². The summed E-state index contributed by atoms with van der Waals surface area (Å²) in [6, 6.07) is 5.15. The van der Waals surface area contributed by atoms with Crippen molar-refractivity contribution in [3.63, 3.8) is 0 Å². The van der Waals surface area contributed by atoms with E-state index in [4.69, 9.17) is 0 Å². The van der Waals surface area contributed by atoms with E-state index >= 15 is 0 Å². The number of rotatable bonds is 4. The molecular weight excluding hydrogens is 270 g/mol. The fraction of sp³-hybridized carbons (Fsp3) is 0.357. The first kappa shape index (κ1) is 13.4. The second kappa shape index (κ2) is 5.43. The molecule has 0 aliphatic carbocycles. The number of imidazole rings is 1. The molecule has 3 rings (SSSR count). The van der Waals surface area contributed by atoms with E-state index in [1.54, 1.807) is 18.3 Å². The van der Waals surface area contributed by atoms with E-state index in [2.05, 4.69) is 19.8 Å². The number of nitrogens with zero attached hydrogens (tertiary/aromatic N) is 4. The molecule has 0 fully saturated rings. The molecule has 0 saturated heterocycles. The van der Waals surface area contributed by atoms with E-state index in [9.17, 15) is 10.1 Å². The molecule has 0 unspecified atom stereocenters. The zero-order chi connectivity index (χ0) is 14.8. The molecule has 21 heavy (non-hydrogen) atoms. The predicted molar refractivity (Wildman–Crippen MR) is 80.5 cm³/mol. The maximum absolute atomic E-state index is 11.1. The van der Waals surface area contributed by atoms with Gasteiger partial charge in [0.2, 0.25) is 0 Å². The Kier molecular flexibility index (Phi) is 3.47. The number of hydrogen-bond acceptors (Lipinski definition) is 5. The zero-order valence-electron chi connectivity index (χ0n) is 11.8. The number of nitrogens with one attached hydrogen (secondary N) is 1. The molecule has 2 aromatic rings. The summed E-state index contributed by atoms with van der Waals surface area (Å²) in [5.74, 6) is 0.984. The van der Waals surface area contributed by atoms with E-state index < -0.39 is 0 Å². The minimum Gasteiger partial charge on any atom is -0.385 e. The summed E-state index contributed by atoms with van der Waals surface area (Å²) in [4.78, 5) is 17.2. The molecule has 1 N–H and O–H groups in total. The molecule has 0 atom stereocenters. The number of nitro groups is 1. The zero-order valence-corrected chi connectivity index (χ0v) is 11.8. The summed E-state index contributed by atoms with van der Waals surface area (Å²) in [5.41, 5.74) is 1.74. The third-order valence-electron chi connectivity index (χ3n) is 3.60. The number of anilines is 2. The number of aromatic nitrogens is 2. The van der Waals surface area contributed by atoms with Crippen LogP contribution in [0.25, 0.3) is 0 Å². The van der Waals surface area contributed by atoms with Gasteiger partial charge >= 0.3 is 0 Å². The van der Waals surface area contributed by atoms with Crippen molar-refractivity contribution in [2.75, 3.05) is 23.3 Å². The van der Waals surface area contributed by atoms with Crippen LogP contribution in [0.5, 0.6) is 0 Å². The molecule has 1 aliphatic heterocycles. The van der Waals surface area contributed by atoms with Crippen LogP contribution in [0.3, 0.4) is 0 Å². The molecule has 1 aromatic heterocycles. The van der Waals surface area contributed by atoms with Crippen LogP contribution in [-0.4, -0.2) is 27.6 Å². The van der Waals surface area contributed by atoms with Crippen LogP contribution < -0.4 is 10.2 Å². The number of non-ortho nitro benzene ring substituents is 1. The third-order valence-corrected chi connectivity index (χ3v) is 3.60. The third kappa shape index (κ3) is 2.67. The molecule has 0 saturated carbocycles. The van der Waals surface area contributed by atoms with Gasteiger partial charge in [-0.3, -0.25) is 10.1 Å². The summed E-state index contributed by atoms with van der Waals surface area (Å²) in [6.07, 6.45) is 3.75. The SMILES string of the molecule is CCNc1cc(N2CCn3ccnc3C2)cc([N+](=O)[O-])c1. The highest BCUT2D eigenvalue weighted by atomic mass is 16.6. The van der Waals surface area contributed by atoms with Crippen molar-refractivity contribution in [2.24, 2.45) is 0 Å².